The van der Waals surface area contributed by atoms with Gasteiger partial charge in [0, 0.05) is 5.56 Å². The molecule has 1 aromatic heterocycles. The molecule has 0 aliphatic rings. The fraction of sp³-hybridized carbons (Fsp3) is 0. The summed E-state index contributed by atoms with van der Waals surface area (Å²) in [6, 6.07) is 42.2. The van der Waals surface area contributed by atoms with E-state index in [1.165, 1.54) is 0 Å². The number of furan rings is 1. The molecule has 9 rings (SSSR count). The lowest BCUT2D eigenvalue weighted by Crippen LogP contribution is -1.92. The topological polar surface area (TPSA) is 135 Å². The molecule has 0 unspecified atom stereocenters. The van der Waals surface area contributed by atoms with Gasteiger partial charge in [0.15, 0.2) is 34.2 Å². The molecule has 51 heavy (non-hydrogen) atoms. The van der Waals surface area contributed by atoms with E-state index in [1.54, 1.807) is 30.3 Å². The van der Waals surface area contributed by atoms with Crippen LogP contribution in [-0.2, 0) is 0 Å². The van der Waals surface area contributed by atoms with Crippen LogP contribution in [0.25, 0.3) is 88.0 Å². The van der Waals surface area contributed by atoms with Gasteiger partial charge in [-0.2, -0.15) is 0 Å². The molecule has 0 fully saturated rings. The summed E-state index contributed by atoms with van der Waals surface area (Å²) in [6.45, 7) is 0. The largest absolute Gasteiger partial charge is 0.506 e. The number of hydrogen-bond donors (Lipinski definition) is 6. The van der Waals surface area contributed by atoms with Gasteiger partial charge >= 0.3 is 0 Å². The van der Waals surface area contributed by atoms with Gasteiger partial charge in [0.1, 0.15) is 5.75 Å². The Morgan fingerprint density at radius 2 is 0.667 bits per heavy atom. The van der Waals surface area contributed by atoms with Crippen LogP contribution >= 0.6 is 0 Å². The predicted octanol–water partition coefficient (Wildman–Crippen LogP) is 10.8. The van der Waals surface area contributed by atoms with Crippen molar-refractivity contribution in [3.8, 4) is 79.0 Å². The molecule has 0 amide bonds. The van der Waals surface area contributed by atoms with Crippen LogP contribution < -0.4 is 0 Å². The van der Waals surface area contributed by atoms with E-state index in [0.29, 0.717) is 21.9 Å². The van der Waals surface area contributed by atoms with Gasteiger partial charge in [-0.05, 0) is 49.4 Å². The van der Waals surface area contributed by atoms with Crippen molar-refractivity contribution < 1.29 is 35.1 Å². The van der Waals surface area contributed by atoms with E-state index in [2.05, 4.69) is 36.4 Å². The van der Waals surface area contributed by atoms with Gasteiger partial charge in [-0.3, -0.25) is 0 Å². The van der Waals surface area contributed by atoms with Crippen LogP contribution in [0.4, 0.5) is 0 Å². The quantitative estimate of drug-likeness (QED) is 0.0624. The molecule has 7 nitrogen and oxygen atoms in total. The van der Waals surface area contributed by atoms with E-state index in [0.717, 1.165) is 33.0 Å². The predicted molar refractivity (Wildman–Crippen MR) is 200 cm³/mol. The molecule has 246 valence electrons. The maximum Gasteiger partial charge on any atom is 0.202 e. The SMILES string of the molecule is Oc1c(-c2ccccc2)c(O)c2c(oc3c(O)c(-c4c5ccccc5c(-c5ccc(-c6ccccc6)cc5)c5ccccc45)c(O)c(O)c32)c1O. The summed E-state index contributed by atoms with van der Waals surface area (Å²) in [4.78, 5) is 0. The Kier molecular flexibility index (Phi) is 6.59. The Balaban J connectivity index is 1.34. The molecule has 0 aliphatic heterocycles. The molecule has 0 aliphatic carbocycles. The number of hydrogen-bond acceptors (Lipinski definition) is 7. The summed E-state index contributed by atoms with van der Waals surface area (Å²) in [5.41, 5.74) is 4.08. The smallest absolute Gasteiger partial charge is 0.202 e. The summed E-state index contributed by atoms with van der Waals surface area (Å²) in [7, 11) is 0. The number of fused-ring (bicyclic) bond motifs is 5. The molecule has 0 saturated carbocycles. The van der Waals surface area contributed by atoms with E-state index < -0.39 is 34.5 Å². The zero-order chi connectivity index (χ0) is 35.0. The second-order valence-corrected chi connectivity index (χ2v) is 12.5. The van der Waals surface area contributed by atoms with Crippen LogP contribution in [0.5, 0.6) is 34.5 Å². The highest BCUT2D eigenvalue weighted by Gasteiger charge is 2.32. The standard InChI is InChI=1S/C44H28O7/c45-37-32(25-13-5-2-6-14-25)38(46)42(50)44-35(37)36-40(48)39(47)34(41(49)43(36)51-44)33-29-17-9-7-15-27(29)31(28-16-8-10-18-30(28)33)26-21-19-24(20-22-26)23-11-3-1-4-12-23/h1-22,45-50H. The first-order valence-corrected chi connectivity index (χ1v) is 16.3. The normalized spacial score (nSPS) is 11.6. The van der Waals surface area contributed by atoms with Gasteiger partial charge in [0.2, 0.25) is 5.75 Å². The Morgan fingerprint density at radius 3 is 1.24 bits per heavy atom. The lowest BCUT2D eigenvalue weighted by molar-refractivity contribution is 0.396. The molecular weight excluding hydrogens is 640 g/mol. The number of benzene rings is 8. The van der Waals surface area contributed by atoms with E-state index in [4.69, 9.17) is 4.42 Å². The van der Waals surface area contributed by atoms with Gasteiger partial charge in [-0.1, -0.05) is 133 Å². The molecule has 6 N–H and O–H groups in total. The van der Waals surface area contributed by atoms with Crippen molar-refractivity contribution >= 4 is 43.5 Å². The second kappa shape index (κ2) is 11.2. The molecule has 9 aromatic rings. The zero-order valence-electron chi connectivity index (χ0n) is 26.8. The van der Waals surface area contributed by atoms with Gasteiger partial charge in [0.05, 0.1) is 21.9 Å². The van der Waals surface area contributed by atoms with Crippen LogP contribution in [0.1, 0.15) is 0 Å². The van der Waals surface area contributed by atoms with Crippen molar-refractivity contribution in [2.75, 3.05) is 0 Å². The highest BCUT2D eigenvalue weighted by molar-refractivity contribution is 6.25. The Morgan fingerprint density at radius 1 is 0.275 bits per heavy atom. The van der Waals surface area contributed by atoms with E-state index in [9.17, 15) is 30.6 Å². The maximum atomic E-state index is 12.0. The lowest BCUT2D eigenvalue weighted by Gasteiger charge is -2.19. The second-order valence-electron chi connectivity index (χ2n) is 12.5. The Hall–Kier alpha value is -7.12. The molecule has 7 heteroatoms. The van der Waals surface area contributed by atoms with Crippen molar-refractivity contribution in [1.82, 2.24) is 0 Å². The molecule has 0 spiro atoms. The van der Waals surface area contributed by atoms with Gasteiger partial charge in [-0.15, -0.1) is 0 Å². The van der Waals surface area contributed by atoms with E-state index in [-0.39, 0.29) is 33.1 Å². The van der Waals surface area contributed by atoms with Crippen LogP contribution in [-0.4, -0.2) is 30.6 Å². The zero-order valence-corrected chi connectivity index (χ0v) is 26.8. The van der Waals surface area contributed by atoms with Gasteiger partial charge in [0.25, 0.3) is 0 Å². The average Bonchev–Trinajstić information content (AvgIpc) is 3.59. The third-order valence-corrected chi connectivity index (χ3v) is 9.73. The third kappa shape index (κ3) is 4.31. The number of phenolic OH excluding ortho intramolecular Hbond substituents is 6. The van der Waals surface area contributed by atoms with Gasteiger partial charge in [-0.25, -0.2) is 0 Å². The third-order valence-electron chi connectivity index (χ3n) is 9.73. The van der Waals surface area contributed by atoms with Crippen molar-refractivity contribution in [3.05, 3.63) is 133 Å². The van der Waals surface area contributed by atoms with Crippen molar-refractivity contribution in [2.45, 2.75) is 0 Å². The first-order chi connectivity index (χ1) is 24.8. The molecule has 0 atom stereocenters. The van der Waals surface area contributed by atoms with E-state index in [1.807, 2.05) is 66.7 Å². The summed E-state index contributed by atoms with van der Waals surface area (Å²) in [5.74, 6) is -3.69. The minimum absolute atomic E-state index is 0.0936. The summed E-state index contributed by atoms with van der Waals surface area (Å²) >= 11 is 0. The number of rotatable bonds is 4. The van der Waals surface area contributed by atoms with Crippen molar-refractivity contribution in [2.24, 2.45) is 0 Å². The monoisotopic (exact) mass is 668 g/mol. The molecular formula is C44H28O7. The summed E-state index contributed by atoms with van der Waals surface area (Å²) in [5, 5.41) is 71.7. The lowest BCUT2D eigenvalue weighted by atomic mass is 9.85. The van der Waals surface area contributed by atoms with Crippen LogP contribution in [0.3, 0.4) is 0 Å². The Labute approximate surface area is 290 Å². The molecule has 0 bridgehead atoms. The highest BCUT2D eigenvalue weighted by Crippen LogP contribution is 2.60. The highest BCUT2D eigenvalue weighted by atomic mass is 16.4. The Bertz CT molecular complexity index is 2780. The molecule has 8 aromatic carbocycles. The fourth-order valence-electron chi connectivity index (χ4n) is 7.43. The number of phenols is 6. The van der Waals surface area contributed by atoms with Crippen molar-refractivity contribution in [3.63, 3.8) is 0 Å². The first kappa shape index (κ1) is 30.0. The van der Waals surface area contributed by atoms with Crippen LogP contribution in [0, 0.1) is 0 Å². The summed E-state index contributed by atoms with van der Waals surface area (Å²) < 4.78 is 5.94. The van der Waals surface area contributed by atoms with Crippen molar-refractivity contribution in [1.29, 1.82) is 0 Å². The minimum Gasteiger partial charge on any atom is -0.506 e. The summed E-state index contributed by atoms with van der Waals surface area (Å²) in [6.07, 6.45) is 0. The van der Waals surface area contributed by atoms with Gasteiger partial charge < -0.3 is 35.1 Å². The molecule has 0 saturated heterocycles. The average molecular weight is 669 g/mol. The fourth-order valence-corrected chi connectivity index (χ4v) is 7.43. The van der Waals surface area contributed by atoms with Crippen LogP contribution in [0.2, 0.25) is 0 Å². The maximum absolute atomic E-state index is 12.0. The van der Waals surface area contributed by atoms with E-state index >= 15 is 0 Å². The van der Waals surface area contributed by atoms with Crippen LogP contribution in [0.15, 0.2) is 138 Å². The minimum atomic E-state index is -0.698. The molecule has 0 radical (unpaired) electrons. The first-order valence-electron chi connectivity index (χ1n) is 16.3. The molecule has 1 heterocycles. The number of aromatic hydroxyl groups is 6.